The van der Waals surface area contributed by atoms with Crippen molar-refractivity contribution in [2.75, 3.05) is 7.11 Å². The van der Waals surface area contributed by atoms with Gasteiger partial charge in [-0.2, -0.15) is 5.10 Å². The number of hydrogen-bond acceptors (Lipinski definition) is 5. The summed E-state index contributed by atoms with van der Waals surface area (Å²) in [5, 5.41) is 13.2. The lowest BCUT2D eigenvalue weighted by molar-refractivity contribution is 0.0950. The van der Waals surface area contributed by atoms with Crippen LogP contribution in [0.15, 0.2) is 35.6 Å². The minimum Gasteiger partial charge on any atom is -0.497 e. The highest BCUT2D eigenvalue weighted by atomic mass is 16.5. The molecule has 0 unspecified atom stereocenters. The maximum absolute atomic E-state index is 11.4. The van der Waals surface area contributed by atoms with E-state index in [4.69, 9.17) is 4.74 Å². The van der Waals surface area contributed by atoms with Crippen LogP contribution in [0, 0.1) is 0 Å². The molecule has 1 aromatic carbocycles. The molecule has 0 spiro atoms. The first-order chi connectivity index (χ1) is 8.79. The Kier molecular flexibility index (Phi) is 3.65. The molecule has 7 heteroatoms. The monoisotopic (exact) mass is 245 g/mol. The Morgan fingerprint density at radius 3 is 2.83 bits per heavy atom. The highest BCUT2D eigenvalue weighted by molar-refractivity contribution is 5.92. The second-order valence-electron chi connectivity index (χ2n) is 3.33. The van der Waals surface area contributed by atoms with Crippen molar-refractivity contribution >= 4 is 12.1 Å². The van der Waals surface area contributed by atoms with Crippen LogP contribution >= 0.6 is 0 Å². The van der Waals surface area contributed by atoms with E-state index in [9.17, 15) is 4.79 Å². The summed E-state index contributed by atoms with van der Waals surface area (Å²) >= 11 is 0. The Bertz CT molecular complexity index is 533. The van der Waals surface area contributed by atoms with Crippen molar-refractivity contribution in [1.82, 2.24) is 20.8 Å². The summed E-state index contributed by atoms with van der Waals surface area (Å²) in [6.07, 6.45) is 2.91. The van der Waals surface area contributed by atoms with E-state index in [0.29, 0.717) is 0 Å². The molecule has 0 fully saturated rings. The molecule has 0 aliphatic carbocycles. The van der Waals surface area contributed by atoms with E-state index in [2.05, 4.69) is 25.9 Å². The van der Waals surface area contributed by atoms with Gasteiger partial charge in [-0.1, -0.05) is 5.21 Å². The molecule has 2 N–H and O–H groups in total. The molecule has 0 aliphatic rings. The van der Waals surface area contributed by atoms with Crippen LogP contribution in [0.4, 0.5) is 0 Å². The zero-order chi connectivity index (χ0) is 12.8. The number of methoxy groups -OCH3 is 1. The van der Waals surface area contributed by atoms with E-state index in [0.717, 1.165) is 11.3 Å². The summed E-state index contributed by atoms with van der Waals surface area (Å²) in [7, 11) is 1.60. The average Bonchev–Trinajstić information content (AvgIpc) is 2.93. The number of carbonyl (C=O) groups is 1. The van der Waals surface area contributed by atoms with E-state index < -0.39 is 5.91 Å². The predicted octanol–water partition coefficient (Wildman–Crippen LogP) is 0.577. The van der Waals surface area contributed by atoms with Gasteiger partial charge in [0.15, 0.2) is 5.69 Å². The first kappa shape index (κ1) is 11.8. The molecule has 0 saturated heterocycles. The molecule has 0 saturated carbocycles. The topological polar surface area (TPSA) is 92.3 Å². The number of aromatic amines is 1. The molecule has 1 aromatic heterocycles. The van der Waals surface area contributed by atoms with E-state index in [1.54, 1.807) is 19.2 Å². The molecule has 0 bridgehead atoms. The highest BCUT2D eigenvalue weighted by Gasteiger charge is 2.05. The van der Waals surface area contributed by atoms with Gasteiger partial charge < -0.3 is 4.74 Å². The smallest absolute Gasteiger partial charge is 0.293 e. The van der Waals surface area contributed by atoms with E-state index >= 15 is 0 Å². The lowest BCUT2D eigenvalue weighted by Gasteiger charge is -1.98. The Morgan fingerprint density at radius 1 is 1.44 bits per heavy atom. The van der Waals surface area contributed by atoms with Crippen molar-refractivity contribution in [3.8, 4) is 5.75 Å². The lowest BCUT2D eigenvalue weighted by atomic mass is 10.2. The van der Waals surface area contributed by atoms with Gasteiger partial charge in [-0.05, 0) is 29.8 Å². The Labute approximate surface area is 103 Å². The molecule has 2 aromatic rings. The fraction of sp³-hybridized carbons (Fsp3) is 0.0909. The van der Waals surface area contributed by atoms with E-state index in [-0.39, 0.29) is 5.69 Å². The molecule has 0 aliphatic heterocycles. The quantitative estimate of drug-likeness (QED) is 0.608. The molecular formula is C11H11N5O2. The molecule has 18 heavy (non-hydrogen) atoms. The van der Waals surface area contributed by atoms with Gasteiger partial charge in [-0.3, -0.25) is 9.89 Å². The summed E-state index contributed by atoms with van der Waals surface area (Å²) in [5.74, 6) is 0.340. The summed E-state index contributed by atoms with van der Waals surface area (Å²) < 4.78 is 5.03. The number of aromatic nitrogens is 3. The van der Waals surface area contributed by atoms with Gasteiger partial charge in [0, 0.05) is 0 Å². The van der Waals surface area contributed by atoms with Crippen LogP contribution in [0.2, 0.25) is 0 Å². The first-order valence-corrected chi connectivity index (χ1v) is 5.13. The van der Waals surface area contributed by atoms with Crippen LogP contribution < -0.4 is 10.2 Å². The van der Waals surface area contributed by atoms with Gasteiger partial charge in [-0.25, -0.2) is 5.43 Å². The molecule has 2 rings (SSSR count). The van der Waals surface area contributed by atoms with Crippen molar-refractivity contribution in [2.24, 2.45) is 5.10 Å². The van der Waals surface area contributed by atoms with Gasteiger partial charge >= 0.3 is 0 Å². The predicted molar refractivity (Wildman–Crippen MR) is 64.4 cm³/mol. The van der Waals surface area contributed by atoms with Gasteiger partial charge in [0.05, 0.1) is 19.5 Å². The molecular weight excluding hydrogens is 234 g/mol. The van der Waals surface area contributed by atoms with E-state index in [1.165, 1.54) is 12.4 Å². The average molecular weight is 245 g/mol. The summed E-state index contributed by atoms with van der Waals surface area (Å²) in [6.45, 7) is 0. The molecule has 1 amide bonds. The van der Waals surface area contributed by atoms with Gasteiger partial charge in [0.1, 0.15) is 5.75 Å². The molecule has 7 nitrogen and oxygen atoms in total. The number of rotatable bonds is 4. The number of nitrogens with zero attached hydrogens (tertiary/aromatic N) is 3. The number of carbonyl (C=O) groups excluding carboxylic acids is 1. The normalized spacial score (nSPS) is 10.5. The largest absolute Gasteiger partial charge is 0.497 e. The molecule has 1 heterocycles. The summed E-state index contributed by atoms with van der Waals surface area (Å²) in [4.78, 5) is 11.4. The summed E-state index contributed by atoms with van der Waals surface area (Å²) in [6, 6.07) is 7.26. The van der Waals surface area contributed by atoms with Crippen molar-refractivity contribution in [3.63, 3.8) is 0 Å². The number of hydrogen-bond donors (Lipinski definition) is 2. The number of H-pyrrole nitrogens is 1. The fourth-order valence-corrected chi connectivity index (χ4v) is 1.23. The maximum Gasteiger partial charge on any atom is 0.293 e. The van der Waals surface area contributed by atoms with Gasteiger partial charge in [-0.15, -0.1) is 5.10 Å². The standard InChI is InChI=1S/C11H11N5O2/c1-18-9-4-2-8(3-5-9)6-12-15-11(17)10-7-13-16-14-10/h2-7H,1H3,(H,15,17)(H,13,14,16). The van der Waals surface area contributed by atoms with Crippen LogP contribution in [0.3, 0.4) is 0 Å². The number of ether oxygens (including phenoxy) is 1. The minimum absolute atomic E-state index is 0.182. The second kappa shape index (κ2) is 5.58. The number of hydrazone groups is 1. The molecule has 0 atom stereocenters. The zero-order valence-corrected chi connectivity index (χ0v) is 9.62. The van der Waals surface area contributed by atoms with Crippen LogP contribution in [0.1, 0.15) is 16.1 Å². The Hall–Kier alpha value is -2.70. The first-order valence-electron chi connectivity index (χ1n) is 5.13. The number of benzene rings is 1. The van der Waals surface area contributed by atoms with Crippen LogP contribution in [0.25, 0.3) is 0 Å². The van der Waals surface area contributed by atoms with Crippen molar-refractivity contribution in [2.45, 2.75) is 0 Å². The van der Waals surface area contributed by atoms with E-state index in [1.807, 2.05) is 12.1 Å². The maximum atomic E-state index is 11.4. The molecule has 92 valence electrons. The third kappa shape index (κ3) is 2.91. The lowest BCUT2D eigenvalue weighted by Crippen LogP contribution is -2.17. The minimum atomic E-state index is -0.423. The number of amides is 1. The van der Waals surface area contributed by atoms with Crippen molar-refractivity contribution in [3.05, 3.63) is 41.7 Å². The third-order valence-corrected chi connectivity index (χ3v) is 2.14. The number of nitrogens with one attached hydrogen (secondary N) is 2. The SMILES string of the molecule is COc1ccc(C=NNC(=O)c2c[nH]nn2)cc1. The second-order valence-corrected chi connectivity index (χ2v) is 3.33. The van der Waals surface area contributed by atoms with Crippen LogP contribution in [0.5, 0.6) is 5.75 Å². The Balaban J connectivity index is 1.93. The van der Waals surface area contributed by atoms with Gasteiger partial charge in [0.25, 0.3) is 5.91 Å². The zero-order valence-electron chi connectivity index (χ0n) is 9.62. The van der Waals surface area contributed by atoms with Crippen LogP contribution in [-0.4, -0.2) is 34.6 Å². The highest BCUT2D eigenvalue weighted by Crippen LogP contribution is 2.09. The Morgan fingerprint density at radius 2 is 2.22 bits per heavy atom. The van der Waals surface area contributed by atoms with Gasteiger partial charge in [0.2, 0.25) is 0 Å². The van der Waals surface area contributed by atoms with Crippen molar-refractivity contribution < 1.29 is 9.53 Å². The van der Waals surface area contributed by atoms with Crippen molar-refractivity contribution in [1.29, 1.82) is 0 Å². The third-order valence-electron chi connectivity index (χ3n) is 2.14. The van der Waals surface area contributed by atoms with Crippen LogP contribution in [-0.2, 0) is 0 Å². The summed E-state index contributed by atoms with van der Waals surface area (Å²) in [5.41, 5.74) is 3.36. The fourth-order valence-electron chi connectivity index (χ4n) is 1.23. The molecule has 0 radical (unpaired) electrons.